The number of nitrogens with two attached hydrogens (primary N) is 1. The topological polar surface area (TPSA) is 38.5 Å². The molecule has 0 bridgehead atoms. The van der Waals surface area contributed by atoms with Crippen molar-refractivity contribution in [1.82, 2.24) is 4.90 Å². The molecular formula is C17H27FN2O. The molecule has 3 unspecified atom stereocenters. The molecule has 0 spiro atoms. The van der Waals surface area contributed by atoms with Gasteiger partial charge in [-0.3, -0.25) is 4.90 Å². The summed E-state index contributed by atoms with van der Waals surface area (Å²) in [6.45, 7) is 10.1. The highest BCUT2D eigenvalue weighted by Gasteiger charge is 2.36. The second-order valence-corrected chi connectivity index (χ2v) is 6.69. The van der Waals surface area contributed by atoms with Crippen LogP contribution in [0.4, 0.5) is 4.39 Å². The van der Waals surface area contributed by atoms with E-state index in [1.54, 1.807) is 0 Å². The molecule has 3 atom stereocenters. The number of benzene rings is 1. The third-order valence-corrected chi connectivity index (χ3v) is 4.08. The van der Waals surface area contributed by atoms with E-state index in [0.29, 0.717) is 0 Å². The van der Waals surface area contributed by atoms with Crippen LogP contribution in [0.25, 0.3) is 0 Å². The van der Waals surface area contributed by atoms with Gasteiger partial charge in [-0.2, -0.15) is 0 Å². The molecule has 1 aliphatic rings. The monoisotopic (exact) mass is 294 g/mol. The molecule has 1 aliphatic heterocycles. The normalized spacial score (nSPS) is 25.5. The average Bonchev–Trinajstić information content (AvgIpc) is 2.38. The van der Waals surface area contributed by atoms with Crippen molar-refractivity contribution in [1.29, 1.82) is 0 Å². The summed E-state index contributed by atoms with van der Waals surface area (Å²) in [4.78, 5) is 2.38. The second kappa shape index (κ2) is 6.42. The van der Waals surface area contributed by atoms with Crippen LogP contribution in [0.15, 0.2) is 24.3 Å². The van der Waals surface area contributed by atoms with E-state index in [1.165, 1.54) is 12.1 Å². The van der Waals surface area contributed by atoms with E-state index < -0.39 is 0 Å². The molecule has 1 aromatic rings. The van der Waals surface area contributed by atoms with Crippen molar-refractivity contribution in [3.63, 3.8) is 0 Å². The van der Waals surface area contributed by atoms with Gasteiger partial charge in [-0.1, -0.05) is 19.1 Å². The largest absolute Gasteiger partial charge is 0.370 e. The zero-order valence-electron chi connectivity index (χ0n) is 13.5. The fourth-order valence-corrected chi connectivity index (χ4v) is 3.33. The van der Waals surface area contributed by atoms with E-state index in [-0.39, 0.29) is 29.6 Å². The maximum atomic E-state index is 13.2. The zero-order valence-corrected chi connectivity index (χ0v) is 13.5. The molecule has 3 nitrogen and oxygen atoms in total. The Balaban J connectivity index is 2.29. The summed E-state index contributed by atoms with van der Waals surface area (Å²) in [5.41, 5.74) is 7.26. The van der Waals surface area contributed by atoms with Crippen molar-refractivity contribution in [3.8, 4) is 0 Å². The molecule has 1 saturated heterocycles. The Kier molecular flexibility index (Phi) is 5.02. The predicted molar refractivity (Wildman–Crippen MR) is 83.6 cm³/mol. The highest BCUT2D eigenvalue weighted by molar-refractivity contribution is 5.22. The van der Waals surface area contributed by atoms with Gasteiger partial charge < -0.3 is 10.5 Å². The number of morpholine rings is 1. The molecule has 1 fully saturated rings. The number of rotatable bonds is 4. The van der Waals surface area contributed by atoms with Crippen molar-refractivity contribution in [3.05, 3.63) is 35.6 Å². The number of hydrogen-bond acceptors (Lipinski definition) is 3. The van der Waals surface area contributed by atoms with E-state index in [9.17, 15) is 4.39 Å². The van der Waals surface area contributed by atoms with Gasteiger partial charge in [-0.05, 0) is 44.9 Å². The summed E-state index contributed by atoms with van der Waals surface area (Å²) in [6, 6.07) is 6.85. The molecule has 0 radical (unpaired) electrons. The van der Waals surface area contributed by atoms with Gasteiger partial charge in [0, 0.05) is 19.1 Å². The van der Waals surface area contributed by atoms with Crippen molar-refractivity contribution in [2.24, 2.45) is 5.73 Å². The molecule has 2 N–H and O–H groups in total. The summed E-state index contributed by atoms with van der Waals surface area (Å²) < 4.78 is 19.2. The minimum absolute atomic E-state index is 0.0246. The summed E-state index contributed by atoms with van der Waals surface area (Å²) in [5.74, 6) is -0.210. The van der Waals surface area contributed by atoms with Crippen molar-refractivity contribution >= 4 is 0 Å². The first-order chi connectivity index (χ1) is 9.82. The molecule has 1 aromatic carbocycles. The van der Waals surface area contributed by atoms with Crippen LogP contribution in [-0.4, -0.2) is 35.7 Å². The highest BCUT2D eigenvalue weighted by atomic mass is 19.1. The smallest absolute Gasteiger partial charge is 0.123 e. The first-order valence-electron chi connectivity index (χ1n) is 7.75. The van der Waals surface area contributed by atoms with Crippen molar-refractivity contribution in [2.75, 3.05) is 13.1 Å². The first kappa shape index (κ1) is 16.4. The standard InChI is InChI=1S/C17H27FN2O/c1-5-15(19)16(13-6-8-14(18)9-7-13)20-10-12(2)21-17(3,4)11-20/h6-9,12,15-16H,5,10-11,19H2,1-4H3. The minimum Gasteiger partial charge on any atom is -0.370 e. The SMILES string of the molecule is CCC(N)C(c1ccc(F)cc1)N1CC(C)OC(C)(C)C1. The van der Waals surface area contributed by atoms with Gasteiger partial charge in [0.15, 0.2) is 0 Å². The number of hydrogen-bond donors (Lipinski definition) is 1. The Bertz CT molecular complexity index is 460. The lowest BCUT2D eigenvalue weighted by Gasteiger charge is -2.46. The molecule has 0 amide bonds. The summed E-state index contributed by atoms with van der Waals surface area (Å²) in [5, 5.41) is 0. The lowest BCUT2D eigenvalue weighted by molar-refractivity contribution is -0.140. The van der Waals surface area contributed by atoms with Crippen LogP contribution in [0.2, 0.25) is 0 Å². The molecular weight excluding hydrogens is 267 g/mol. The van der Waals surface area contributed by atoms with E-state index in [1.807, 2.05) is 12.1 Å². The molecule has 21 heavy (non-hydrogen) atoms. The van der Waals surface area contributed by atoms with Crippen LogP contribution in [0, 0.1) is 5.82 Å². The van der Waals surface area contributed by atoms with E-state index in [2.05, 4.69) is 32.6 Å². The summed E-state index contributed by atoms with van der Waals surface area (Å²) in [7, 11) is 0. The van der Waals surface area contributed by atoms with Crippen LogP contribution in [-0.2, 0) is 4.74 Å². The van der Waals surface area contributed by atoms with Gasteiger partial charge in [0.05, 0.1) is 17.7 Å². The van der Waals surface area contributed by atoms with Gasteiger partial charge in [-0.25, -0.2) is 4.39 Å². The van der Waals surface area contributed by atoms with E-state index >= 15 is 0 Å². The maximum absolute atomic E-state index is 13.2. The molecule has 4 heteroatoms. The third-order valence-electron chi connectivity index (χ3n) is 4.08. The van der Waals surface area contributed by atoms with E-state index in [4.69, 9.17) is 10.5 Å². The molecule has 2 rings (SSSR count). The summed E-state index contributed by atoms with van der Waals surface area (Å²) in [6.07, 6.45) is 1.05. The molecule has 1 heterocycles. The number of halogens is 1. The summed E-state index contributed by atoms with van der Waals surface area (Å²) >= 11 is 0. The Morgan fingerprint density at radius 2 is 2.00 bits per heavy atom. The number of ether oxygens (including phenoxy) is 1. The van der Waals surface area contributed by atoms with Crippen LogP contribution in [0.3, 0.4) is 0 Å². The molecule has 0 aliphatic carbocycles. The molecule has 118 valence electrons. The fourth-order valence-electron chi connectivity index (χ4n) is 3.33. The Labute approximate surface area is 127 Å². The zero-order chi connectivity index (χ0) is 15.6. The molecule has 0 saturated carbocycles. The van der Waals surface area contributed by atoms with Gasteiger partial charge >= 0.3 is 0 Å². The van der Waals surface area contributed by atoms with Crippen LogP contribution in [0.1, 0.15) is 45.7 Å². The Hall–Kier alpha value is -0.970. The Morgan fingerprint density at radius 1 is 1.38 bits per heavy atom. The van der Waals surface area contributed by atoms with Crippen molar-refractivity contribution < 1.29 is 9.13 Å². The first-order valence-corrected chi connectivity index (χ1v) is 7.75. The van der Waals surface area contributed by atoms with E-state index in [0.717, 1.165) is 25.1 Å². The van der Waals surface area contributed by atoms with Gasteiger partial charge in [0.2, 0.25) is 0 Å². The quantitative estimate of drug-likeness (QED) is 0.927. The fraction of sp³-hybridized carbons (Fsp3) is 0.647. The Morgan fingerprint density at radius 3 is 2.52 bits per heavy atom. The van der Waals surface area contributed by atoms with Crippen LogP contribution >= 0.6 is 0 Å². The van der Waals surface area contributed by atoms with Crippen LogP contribution in [0.5, 0.6) is 0 Å². The van der Waals surface area contributed by atoms with Gasteiger partial charge in [0.1, 0.15) is 5.82 Å². The minimum atomic E-state index is -0.210. The lowest BCUT2D eigenvalue weighted by Crippen LogP contribution is -2.55. The van der Waals surface area contributed by atoms with Gasteiger partial charge in [0.25, 0.3) is 0 Å². The van der Waals surface area contributed by atoms with Gasteiger partial charge in [-0.15, -0.1) is 0 Å². The van der Waals surface area contributed by atoms with Crippen LogP contribution < -0.4 is 5.73 Å². The average molecular weight is 294 g/mol. The maximum Gasteiger partial charge on any atom is 0.123 e. The second-order valence-electron chi connectivity index (χ2n) is 6.69. The predicted octanol–water partition coefficient (Wildman–Crippen LogP) is 3.10. The van der Waals surface area contributed by atoms with Crippen molar-refractivity contribution in [2.45, 2.75) is 57.9 Å². The number of nitrogens with zero attached hydrogens (tertiary/aromatic N) is 1. The lowest BCUT2D eigenvalue weighted by atomic mass is 9.93. The molecule has 0 aromatic heterocycles. The highest BCUT2D eigenvalue weighted by Crippen LogP contribution is 2.31. The third kappa shape index (κ3) is 4.02.